The van der Waals surface area contributed by atoms with Crippen LogP contribution in [0, 0.1) is 3.57 Å². The molecule has 0 aromatic heterocycles. The summed E-state index contributed by atoms with van der Waals surface area (Å²) in [6, 6.07) is 3.35. The van der Waals surface area contributed by atoms with Gasteiger partial charge in [-0.1, -0.05) is 0 Å². The minimum Gasteiger partial charge on any atom is -0.504 e. The number of hydrogen-bond acceptors (Lipinski definition) is 4. The Balaban J connectivity index is 2.93. The standard InChI is InChI=1S/C10H11IN2O3/c1-6(14)13-12-5-7-3-8(11)10(15)9(4-7)16-2/h3-5,15H,1-2H3,(H,13,14)/b12-5-. The Morgan fingerprint density at radius 3 is 2.88 bits per heavy atom. The van der Waals surface area contributed by atoms with Crippen LogP contribution in [0.25, 0.3) is 0 Å². The third-order valence-electron chi connectivity index (χ3n) is 1.71. The Hall–Kier alpha value is -1.31. The molecule has 0 saturated heterocycles. The van der Waals surface area contributed by atoms with E-state index >= 15 is 0 Å². The highest BCUT2D eigenvalue weighted by Gasteiger charge is 2.07. The van der Waals surface area contributed by atoms with E-state index in [9.17, 15) is 9.90 Å². The van der Waals surface area contributed by atoms with Gasteiger partial charge in [0.15, 0.2) is 11.5 Å². The Kier molecular flexibility index (Phi) is 4.53. The molecule has 0 aliphatic rings. The molecule has 0 atom stereocenters. The number of halogens is 1. The Bertz CT molecular complexity index is 432. The maximum Gasteiger partial charge on any atom is 0.236 e. The summed E-state index contributed by atoms with van der Waals surface area (Å²) in [5, 5.41) is 13.3. The van der Waals surface area contributed by atoms with E-state index in [1.807, 2.05) is 22.6 Å². The molecule has 6 heteroatoms. The monoisotopic (exact) mass is 334 g/mol. The fraction of sp³-hybridized carbons (Fsp3) is 0.200. The van der Waals surface area contributed by atoms with Gasteiger partial charge in [-0.15, -0.1) is 0 Å². The summed E-state index contributed by atoms with van der Waals surface area (Å²) in [5.41, 5.74) is 3.02. The van der Waals surface area contributed by atoms with E-state index in [1.165, 1.54) is 20.2 Å². The van der Waals surface area contributed by atoms with Gasteiger partial charge in [-0.25, -0.2) is 5.43 Å². The molecule has 0 saturated carbocycles. The fourth-order valence-corrected chi connectivity index (χ4v) is 1.65. The van der Waals surface area contributed by atoms with Crippen molar-refractivity contribution in [1.82, 2.24) is 5.43 Å². The quantitative estimate of drug-likeness (QED) is 0.500. The molecule has 0 unspecified atom stereocenters. The van der Waals surface area contributed by atoms with Crippen molar-refractivity contribution in [1.29, 1.82) is 0 Å². The number of nitrogens with one attached hydrogen (secondary N) is 1. The lowest BCUT2D eigenvalue weighted by atomic mass is 10.2. The van der Waals surface area contributed by atoms with E-state index in [0.717, 1.165) is 5.56 Å². The predicted octanol–water partition coefficient (Wildman–Crippen LogP) is 1.48. The zero-order valence-corrected chi connectivity index (χ0v) is 11.0. The lowest BCUT2D eigenvalue weighted by Gasteiger charge is -2.06. The molecule has 0 aliphatic carbocycles. The average molecular weight is 334 g/mol. The van der Waals surface area contributed by atoms with Crippen LogP contribution in [0.4, 0.5) is 0 Å². The van der Waals surface area contributed by atoms with Crippen LogP contribution in [0.5, 0.6) is 11.5 Å². The lowest BCUT2D eigenvalue weighted by Crippen LogP contribution is -2.12. The topological polar surface area (TPSA) is 70.9 Å². The van der Waals surface area contributed by atoms with Crippen LogP contribution >= 0.6 is 22.6 Å². The van der Waals surface area contributed by atoms with Gasteiger partial charge in [0.05, 0.1) is 16.9 Å². The van der Waals surface area contributed by atoms with Gasteiger partial charge in [-0.2, -0.15) is 5.10 Å². The van der Waals surface area contributed by atoms with E-state index in [4.69, 9.17) is 4.74 Å². The summed E-state index contributed by atoms with van der Waals surface area (Å²) in [6.45, 7) is 1.37. The van der Waals surface area contributed by atoms with Crippen LogP contribution in [0.15, 0.2) is 17.2 Å². The molecular weight excluding hydrogens is 323 g/mol. The molecule has 5 nitrogen and oxygen atoms in total. The third-order valence-corrected chi connectivity index (χ3v) is 2.53. The van der Waals surface area contributed by atoms with Crippen molar-refractivity contribution < 1.29 is 14.6 Å². The van der Waals surface area contributed by atoms with Crippen LogP contribution in [-0.4, -0.2) is 24.3 Å². The number of methoxy groups -OCH3 is 1. The summed E-state index contributed by atoms with van der Waals surface area (Å²) < 4.78 is 5.64. The smallest absolute Gasteiger partial charge is 0.236 e. The highest BCUT2D eigenvalue weighted by molar-refractivity contribution is 14.1. The number of phenolic OH excluding ortho intramolecular Hbond substituents is 1. The molecule has 0 radical (unpaired) electrons. The summed E-state index contributed by atoms with van der Waals surface area (Å²) in [5.74, 6) is 0.229. The van der Waals surface area contributed by atoms with Gasteiger partial charge in [-0.05, 0) is 40.3 Å². The zero-order chi connectivity index (χ0) is 12.1. The predicted molar refractivity (Wildman–Crippen MR) is 68.8 cm³/mol. The highest BCUT2D eigenvalue weighted by Crippen LogP contribution is 2.31. The number of hydrogen-bond donors (Lipinski definition) is 2. The van der Waals surface area contributed by atoms with Gasteiger partial charge >= 0.3 is 0 Å². The maximum absolute atomic E-state index is 10.6. The number of ether oxygens (including phenoxy) is 1. The van der Waals surface area contributed by atoms with Crippen molar-refractivity contribution in [3.05, 3.63) is 21.3 Å². The van der Waals surface area contributed by atoms with E-state index in [-0.39, 0.29) is 11.7 Å². The number of aromatic hydroxyl groups is 1. The molecule has 1 rings (SSSR count). The average Bonchev–Trinajstić information content (AvgIpc) is 2.22. The summed E-state index contributed by atoms with van der Waals surface area (Å²) in [7, 11) is 1.47. The summed E-state index contributed by atoms with van der Waals surface area (Å²) in [6.07, 6.45) is 1.48. The molecule has 2 N–H and O–H groups in total. The second kappa shape index (κ2) is 5.69. The number of phenols is 1. The Labute approximate surface area is 107 Å². The van der Waals surface area contributed by atoms with Crippen molar-refractivity contribution >= 4 is 34.7 Å². The first-order valence-electron chi connectivity index (χ1n) is 4.40. The minimum absolute atomic E-state index is 0.0970. The molecule has 1 aromatic carbocycles. The highest BCUT2D eigenvalue weighted by atomic mass is 127. The number of nitrogens with zero attached hydrogens (tertiary/aromatic N) is 1. The first kappa shape index (κ1) is 12.8. The van der Waals surface area contributed by atoms with Crippen molar-refractivity contribution in [2.24, 2.45) is 5.10 Å². The number of amides is 1. The number of rotatable bonds is 3. The van der Waals surface area contributed by atoms with Gasteiger partial charge in [-0.3, -0.25) is 4.79 Å². The molecule has 0 bridgehead atoms. The normalized spacial score (nSPS) is 10.4. The lowest BCUT2D eigenvalue weighted by molar-refractivity contribution is -0.118. The van der Waals surface area contributed by atoms with Crippen LogP contribution in [0.1, 0.15) is 12.5 Å². The van der Waals surface area contributed by atoms with E-state index in [2.05, 4.69) is 10.5 Å². The first-order chi connectivity index (χ1) is 7.54. The molecule has 16 heavy (non-hydrogen) atoms. The van der Waals surface area contributed by atoms with Crippen molar-refractivity contribution in [2.75, 3.05) is 7.11 Å². The first-order valence-corrected chi connectivity index (χ1v) is 5.48. The Morgan fingerprint density at radius 1 is 1.62 bits per heavy atom. The number of hydrazone groups is 1. The molecule has 0 spiro atoms. The molecule has 1 amide bonds. The molecule has 0 aliphatic heterocycles. The fourth-order valence-electron chi connectivity index (χ4n) is 1.02. The summed E-state index contributed by atoms with van der Waals surface area (Å²) >= 11 is 1.99. The molecule has 0 fully saturated rings. The van der Waals surface area contributed by atoms with Crippen molar-refractivity contribution in [2.45, 2.75) is 6.92 Å². The van der Waals surface area contributed by atoms with Crippen molar-refractivity contribution in [3.8, 4) is 11.5 Å². The van der Waals surface area contributed by atoms with Gasteiger partial charge in [0.2, 0.25) is 5.91 Å². The summed E-state index contributed by atoms with van der Waals surface area (Å²) in [4.78, 5) is 10.6. The van der Waals surface area contributed by atoms with E-state index in [1.54, 1.807) is 12.1 Å². The molecular formula is C10H11IN2O3. The molecule has 1 aromatic rings. The van der Waals surface area contributed by atoms with E-state index in [0.29, 0.717) is 9.32 Å². The van der Waals surface area contributed by atoms with Crippen molar-refractivity contribution in [3.63, 3.8) is 0 Å². The van der Waals surface area contributed by atoms with Crippen LogP contribution in [-0.2, 0) is 4.79 Å². The van der Waals surface area contributed by atoms with Gasteiger partial charge < -0.3 is 9.84 Å². The number of benzene rings is 1. The third kappa shape index (κ3) is 3.37. The second-order valence-electron chi connectivity index (χ2n) is 2.98. The Morgan fingerprint density at radius 2 is 2.31 bits per heavy atom. The SMILES string of the molecule is COc1cc(/C=N\NC(C)=O)cc(I)c1O. The number of carbonyl (C=O) groups excluding carboxylic acids is 1. The van der Waals surface area contributed by atoms with E-state index < -0.39 is 0 Å². The molecule has 0 heterocycles. The van der Waals surface area contributed by atoms with Crippen LogP contribution < -0.4 is 10.2 Å². The van der Waals surface area contributed by atoms with Gasteiger partial charge in [0, 0.05) is 6.92 Å². The van der Waals surface area contributed by atoms with Gasteiger partial charge in [0.25, 0.3) is 0 Å². The second-order valence-corrected chi connectivity index (χ2v) is 4.14. The molecule has 86 valence electrons. The maximum atomic E-state index is 10.6. The largest absolute Gasteiger partial charge is 0.504 e. The number of carbonyl (C=O) groups is 1. The zero-order valence-electron chi connectivity index (χ0n) is 8.82. The van der Waals surface area contributed by atoms with Crippen LogP contribution in [0.2, 0.25) is 0 Å². The minimum atomic E-state index is -0.239. The van der Waals surface area contributed by atoms with Crippen LogP contribution in [0.3, 0.4) is 0 Å². The van der Waals surface area contributed by atoms with Gasteiger partial charge in [0.1, 0.15) is 0 Å².